The molecule has 0 heteroatoms. The van der Waals surface area contributed by atoms with Crippen LogP contribution in [0.5, 0.6) is 0 Å². The van der Waals surface area contributed by atoms with Crippen molar-refractivity contribution in [1.82, 2.24) is 0 Å². The van der Waals surface area contributed by atoms with Crippen molar-refractivity contribution in [2.45, 2.75) is 41.5 Å². The fraction of sp³-hybridized carbons (Fsp3) is 0.300. The number of hydrogen-bond acceptors (Lipinski definition) is 0. The van der Waals surface area contributed by atoms with Crippen LogP contribution in [0, 0.1) is 41.5 Å². The van der Waals surface area contributed by atoms with Gasteiger partial charge in [-0.25, -0.2) is 0 Å². The fourth-order valence-corrected chi connectivity index (χ4v) is 3.61. The van der Waals surface area contributed by atoms with Crippen LogP contribution in [0.3, 0.4) is 0 Å². The van der Waals surface area contributed by atoms with Gasteiger partial charge >= 0.3 is 0 Å². The maximum Gasteiger partial charge on any atom is -0.0113 e. The van der Waals surface area contributed by atoms with E-state index in [0.29, 0.717) is 0 Å². The maximum absolute atomic E-state index is 2.37. The average Bonchev–Trinajstić information content (AvgIpc) is 2.42. The first-order valence-electron chi connectivity index (χ1n) is 7.32. The minimum absolute atomic E-state index is 1.36. The molecule has 3 aromatic carbocycles. The lowest BCUT2D eigenvalue weighted by molar-refractivity contribution is 1.25. The van der Waals surface area contributed by atoms with Crippen molar-refractivity contribution in [2.75, 3.05) is 0 Å². The first-order chi connectivity index (χ1) is 9.43. The third-order valence-corrected chi connectivity index (χ3v) is 5.09. The third-order valence-electron chi connectivity index (χ3n) is 5.09. The molecule has 0 fully saturated rings. The smallest absolute Gasteiger partial charge is 0.0113 e. The molecular formula is C20H22. The summed E-state index contributed by atoms with van der Waals surface area (Å²) in [5, 5.41) is 5.65. The lowest BCUT2D eigenvalue weighted by Crippen LogP contribution is -1.97. The molecule has 0 bridgehead atoms. The molecule has 0 nitrogen and oxygen atoms in total. The van der Waals surface area contributed by atoms with Crippen molar-refractivity contribution in [3.63, 3.8) is 0 Å². The first-order valence-corrected chi connectivity index (χ1v) is 7.32. The monoisotopic (exact) mass is 262 g/mol. The normalized spacial score (nSPS) is 11.5. The zero-order valence-corrected chi connectivity index (χ0v) is 13.3. The topological polar surface area (TPSA) is 0 Å². The molecule has 3 rings (SSSR count). The predicted octanol–water partition coefficient (Wildman–Crippen LogP) is 5.84. The summed E-state index contributed by atoms with van der Waals surface area (Å²) in [5.41, 5.74) is 8.53. The maximum atomic E-state index is 2.37. The number of fused-ring (bicyclic) bond motifs is 2. The molecular weight excluding hydrogens is 240 g/mol. The summed E-state index contributed by atoms with van der Waals surface area (Å²) >= 11 is 0. The predicted molar refractivity (Wildman–Crippen MR) is 89.9 cm³/mol. The van der Waals surface area contributed by atoms with Gasteiger partial charge in [0.25, 0.3) is 0 Å². The highest BCUT2D eigenvalue weighted by molar-refractivity contribution is 6.06. The molecule has 20 heavy (non-hydrogen) atoms. The van der Waals surface area contributed by atoms with E-state index in [4.69, 9.17) is 0 Å². The van der Waals surface area contributed by atoms with E-state index >= 15 is 0 Å². The molecule has 0 aliphatic heterocycles. The molecule has 3 aromatic rings. The van der Waals surface area contributed by atoms with E-state index in [0.717, 1.165) is 0 Å². The highest BCUT2D eigenvalue weighted by Crippen LogP contribution is 2.36. The van der Waals surface area contributed by atoms with Gasteiger partial charge in [0.05, 0.1) is 0 Å². The number of aryl methyl sites for hydroxylation is 4. The minimum atomic E-state index is 1.36. The fourth-order valence-electron chi connectivity index (χ4n) is 3.61. The largest absolute Gasteiger partial charge is 0.0614 e. The van der Waals surface area contributed by atoms with Gasteiger partial charge in [0, 0.05) is 0 Å². The van der Waals surface area contributed by atoms with Gasteiger partial charge in [-0.15, -0.1) is 0 Å². The Bertz CT molecular complexity index is 851. The van der Waals surface area contributed by atoms with Crippen molar-refractivity contribution >= 4 is 21.5 Å². The average molecular weight is 262 g/mol. The van der Waals surface area contributed by atoms with E-state index in [1.54, 1.807) is 0 Å². The quantitative estimate of drug-likeness (QED) is 0.446. The molecule has 0 heterocycles. The lowest BCUT2D eigenvalue weighted by atomic mass is 9.86. The van der Waals surface area contributed by atoms with E-state index < -0.39 is 0 Å². The van der Waals surface area contributed by atoms with Crippen LogP contribution in [0.1, 0.15) is 33.4 Å². The summed E-state index contributed by atoms with van der Waals surface area (Å²) in [4.78, 5) is 0. The molecule has 0 radical (unpaired) electrons. The molecule has 0 aromatic heterocycles. The molecule has 0 spiro atoms. The van der Waals surface area contributed by atoms with Gasteiger partial charge in [-0.3, -0.25) is 0 Å². The van der Waals surface area contributed by atoms with E-state index in [1.165, 1.54) is 54.9 Å². The Balaban J connectivity index is 2.68. The zero-order valence-electron chi connectivity index (χ0n) is 13.3. The zero-order chi connectivity index (χ0) is 14.6. The summed E-state index contributed by atoms with van der Waals surface area (Å²) in [6.45, 7) is 13.5. The number of hydrogen-bond donors (Lipinski definition) is 0. The van der Waals surface area contributed by atoms with Gasteiger partial charge in [0.15, 0.2) is 0 Å². The Kier molecular flexibility index (Phi) is 2.86. The third kappa shape index (κ3) is 1.61. The molecule has 0 atom stereocenters. The van der Waals surface area contributed by atoms with Crippen molar-refractivity contribution in [3.05, 3.63) is 57.6 Å². The van der Waals surface area contributed by atoms with Gasteiger partial charge in [-0.1, -0.05) is 18.2 Å². The molecule has 0 unspecified atom stereocenters. The second-order valence-electron chi connectivity index (χ2n) is 6.10. The highest BCUT2D eigenvalue weighted by Gasteiger charge is 2.13. The standard InChI is InChI=1S/C20H22/c1-11-8-7-9-17-10-18-14(4)12(2)13(3)15(5)20(18)16(6)19(11)17/h7-10H,1-6H3. The van der Waals surface area contributed by atoms with E-state index in [2.05, 4.69) is 65.8 Å². The van der Waals surface area contributed by atoms with E-state index in [-0.39, 0.29) is 0 Å². The van der Waals surface area contributed by atoms with Crippen LogP contribution in [0.4, 0.5) is 0 Å². The summed E-state index contributed by atoms with van der Waals surface area (Å²) in [5.74, 6) is 0. The number of rotatable bonds is 0. The van der Waals surface area contributed by atoms with Crippen LogP contribution >= 0.6 is 0 Å². The van der Waals surface area contributed by atoms with E-state index in [9.17, 15) is 0 Å². The van der Waals surface area contributed by atoms with Gasteiger partial charge < -0.3 is 0 Å². The van der Waals surface area contributed by atoms with Crippen LogP contribution in [0.15, 0.2) is 24.3 Å². The molecule has 0 amide bonds. The first kappa shape index (κ1) is 13.2. The summed E-state index contributed by atoms with van der Waals surface area (Å²) in [6.07, 6.45) is 0. The van der Waals surface area contributed by atoms with Gasteiger partial charge in [0.2, 0.25) is 0 Å². The van der Waals surface area contributed by atoms with Crippen LogP contribution in [0.25, 0.3) is 21.5 Å². The van der Waals surface area contributed by atoms with Gasteiger partial charge in [-0.05, 0) is 103 Å². The molecule has 0 N–H and O–H groups in total. The van der Waals surface area contributed by atoms with Crippen LogP contribution in [-0.4, -0.2) is 0 Å². The van der Waals surface area contributed by atoms with Crippen LogP contribution < -0.4 is 0 Å². The van der Waals surface area contributed by atoms with Crippen molar-refractivity contribution in [2.24, 2.45) is 0 Å². The van der Waals surface area contributed by atoms with E-state index in [1.807, 2.05) is 0 Å². The SMILES string of the molecule is Cc1c(C)c(C)c2c(C)c3c(C)cccc3cc2c1C. The summed E-state index contributed by atoms with van der Waals surface area (Å²) < 4.78 is 0. The summed E-state index contributed by atoms with van der Waals surface area (Å²) in [6, 6.07) is 8.98. The van der Waals surface area contributed by atoms with Crippen LogP contribution in [-0.2, 0) is 0 Å². The Labute approximate surface area is 121 Å². The number of benzene rings is 3. The Hall–Kier alpha value is -1.82. The second-order valence-corrected chi connectivity index (χ2v) is 6.10. The van der Waals surface area contributed by atoms with Crippen molar-refractivity contribution in [3.8, 4) is 0 Å². The Morgan fingerprint density at radius 1 is 0.600 bits per heavy atom. The molecule has 0 aliphatic carbocycles. The molecule has 0 aliphatic rings. The second kappa shape index (κ2) is 4.34. The van der Waals surface area contributed by atoms with Crippen molar-refractivity contribution < 1.29 is 0 Å². The van der Waals surface area contributed by atoms with Crippen LogP contribution in [0.2, 0.25) is 0 Å². The Morgan fingerprint density at radius 2 is 1.25 bits per heavy atom. The molecule has 0 saturated carbocycles. The highest BCUT2D eigenvalue weighted by atomic mass is 14.2. The minimum Gasteiger partial charge on any atom is -0.0614 e. The summed E-state index contributed by atoms with van der Waals surface area (Å²) in [7, 11) is 0. The van der Waals surface area contributed by atoms with Crippen molar-refractivity contribution in [1.29, 1.82) is 0 Å². The molecule has 102 valence electrons. The van der Waals surface area contributed by atoms with Gasteiger partial charge in [-0.2, -0.15) is 0 Å². The Morgan fingerprint density at radius 3 is 1.95 bits per heavy atom. The van der Waals surface area contributed by atoms with Gasteiger partial charge in [0.1, 0.15) is 0 Å². The lowest BCUT2D eigenvalue weighted by Gasteiger charge is -2.18. The molecule has 0 saturated heterocycles.